The fraction of sp³-hybridized carbons (Fsp3) is 0.333. The molecule has 0 atom stereocenters. The highest BCUT2D eigenvalue weighted by atomic mass is 127. The quantitative estimate of drug-likeness (QED) is 0.758. The lowest BCUT2D eigenvalue weighted by Crippen LogP contribution is -2.27. The number of pyridine rings is 1. The molecule has 0 aliphatic carbocycles. The van der Waals surface area contributed by atoms with Gasteiger partial charge in [-0.1, -0.05) is 0 Å². The van der Waals surface area contributed by atoms with E-state index in [2.05, 4.69) is 32.9 Å². The summed E-state index contributed by atoms with van der Waals surface area (Å²) in [5.41, 5.74) is 0.301. The Morgan fingerprint density at radius 1 is 1.50 bits per heavy atom. The Morgan fingerprint density at radius 3 is 2.89 bits per heavy atom. The molecule has 1 amide bonds. The molecule has 18 heavy (non-hydrogen) atoms. The lowest BCUT2D eigenvalue weighted by atomic mass is 10.2. The van der Waals surface area contributed by atoms with Gasteiger partial charge in [0.2, 0.25) is 0 Å². The molecule has 6 heteroatoms. The number of aromatic nitrogens is 1. The van der Waals surface area contributed by atoms with E-state index in [0.29, 0.717) is 0 Å². The van der Waals surface area contributed by atoms with Crippen molar-refractivity contribution in [1.29, 1.82) is 0 Å². The first-order valence-electron chi connectivity index (χ1n) is 5.39. The number of rotatable bonds is 1. The summed E-state index contributed by atoms with van der Waals surface area (Å²) in [6.07, 6.45) is 3.07. The minimum atomic E-state index is -0.497. The Morgan fingerprint density at radius 2 is 2.22 bits per heavy atom. The van der Waals surface area contributed by atoms with E-state index in [1.54, 1.807) is 23.7 Å². The maximum Gasteiger partial charge on any atom is 0.412 e. The molecule has 0 aliphatic heterocycles. The summed E-state index contributed by atoms with van der Waals surface area (Å²) in [6.45, 7) is 5.52. The van der Waals surface area contributed by atoms with E-state index in [9.17, 15) is 4.79 Å². The molecular weight excluding hydrogens is 363 g/mol. The molecule has 0 radical (unpaired) electrons. The van der Waals surface area contributed by atoms with Crippen molar-refractivity contribution in [3.63, 3.8) is 0 Å². The van der Waals surface area contributed by atoms with Crippen molar-refractivity contribution in [1.82, 2.24) is 4.98 Å². The molecule has 96 valence electrons. The van der Waals surface area contributed by atoms with Gasteiger partial charge < -0.3 is 4.74 Å². The fourth-order valence-electron chi connectivity index (χ4n) is 1.44. The molecule has 2 heterocycles. The third-order valence-electron chi connectivity index (χ3n) is 2.08. The monoisotopic (exact) mass is 376 g/mol. The lowest BCUT2D eigenvalue weighted by molar-refractivity contribution is 0.0636. The third kappa shape index (κ3) is 3.11. The summed E-state index contributed by atoms with van der Waals surface area (Å²) in [7, 11) is 0. The summed E-state index contributed by atoms with van der Waals surface area (Å²) >= 11 is 3.80. The maximum absolute atomic E-state index is 11.8. The Hall–Kier alpha value is -0.890. The van der Waals surface area contributed by atoms with Crippen LogP contribution in [0, 0.1) is 2.88 Å². The van der Waals surface area contributed by atoms with Gasteiger partial charge in [-0.25, -0.2) is 4.79 Å². The highest BCUT2D eigenvalue weighted by molar-refractivity contribution is 14.1. The molecule has 0 saturated heterocycles. The second-order valence-corrected chi connectivity index (χ2v) is 7.61. The van der Waals surface area contributed by atoms with Crippen LogP contribution >= 0.6 is 33.9 Å². The van der Waals surface area contributed by atoms with E-state index in [4.69, 9.17) is 4.74 Å². The third-order valence-corrected chi connectivity index (χ3v) is 4.20. The van der Waals surface area contributed by atoms with Gasteiger partial charge in [0.15, 0.2) is 0 Å². The first kappa shape index (κ1) is 13.5. The first-order chi connectivity index (χ1) is 8.37. The predicted molar refractivity (Wildman–Crippen MR) is 82.2 cm³/mol. The summed E-state index contributed by atoms with van der Waals surface area (Å²) in [6, 6.07) is 1.89. The van der Waals surface area contributed by atoms with Gasteiger partial charge in [0.1, 0.15) is 5.60 Å². The molecule has 0 aromatic carbocycles. The highest BCUT2D eigenvalue weighted by Gasteiger charge is 2.19. The van der Waals surface area contributed by atoms with E-state index >= 15 is 0 Å². The van der Waals surface area contributed by atoms with Crippen LogP contribution in [0.5, 0.6) is 0 Å². The van der Waals surface area contributed by atoms with E-state index in [1.807, 2.05) is 26.8 Å². The molecule has 0 saturated carbocycles. The van der Waals surface area contributed by atoms with E-state index in [-0.39, 0.29) is 0 Å². The average Bonchev–Trinajstić information content (AvgIpc) is 2.53. The minimum Gasteiger partial charge on any atom is -0.444 e. The van der Waals surface area contributed by atoms with Crippen LogP contribution in [0.2, 0.25) is 0 Å². The van der Waals surface area contributed by atoms with Gasteiger partial charge >= 0.3 is 6.09 Å². The number of carbonyl (C=O) groups is 1. The summed E-state index contributed by atoms with van der Waals surface area (Å²) < 4.78 is 7.31. The van der Waals surface area contributed by atoms with Crippen molar-refractivity contribution in [2.45, 2.75) is 26.4 Å². The van der Waals surface area contributed by atoms with Gasteiger partial charge in [-0.15, -0.1) is 11.3 Å². The van der Waals surface area contributed by atoms with E-state index in [1.165, 1.54) is 0 Å². The number of fused-ring (bicyclic) bond motifs is 1. The first-order valence-corrected chi connectivity index (χ1v) is 7.28. The zero-order valence-electron chi connectivity index (χ0n) is 10.3. The second kappa shape index (κ2) is 5.00. The maximum atomic E-state index is 11.8. The number of carbonyl (C=O) groups excluding carboxylic acids is 1. The van der Waals surface area contributed by atoms with Gasteiger partial charge in [-0.05, 0) is 49.4 Å². The van der Waals surface area contributed by atoms with Crippen LogP contribution in [0.25, 0.3) is 10.1 Å². The van der Waals surface area contributed by atoms with Gasteiger partial charge in [0, 0.05) is 17.8 Å². The smallest absolute Gasteiger partial charge is 0.412 e. The Labute approximate surface area is 123 Å². The number of halogens is 1. The second-order valence-electron chi connectivity index (χ2n) is 4.75. The zero-order chi connectivity index (χ0) is 13.3. The minimum absolute atomic E-state index is 0.433. The summed E-state index contributed by atoms with van der Waals surface area (Å²) in [5, 5.41) is 3.79. The van der Waals surface area contributed by atoms with Crippen LogP contribution in [0.15, 0.2) is 18.5 Å². The summed E-state index contributed by atoms with van der Waals surface area (Å²) in [4.78, 5) is 15.8. The number of amides is 1. The molecule has 2 aromatic rings. The SMILES string of the molecule is CC(C)(C)OC(=O)Nc1c(I)sc2cnccc12. The van der Waals surface area contributed by atoms with Crippen molar-refractivity contribution < 1.29 is 9.53 Å². The van der Waals surface area contributed by atoms with Gasteiger partial charge in [-0.3, -0.25) is 10.3 Å². The molecule has 1 N–H and O–H groups in total. The molecule has 0 aliphatic rings. The molecule has 0 unspecified atom stereocenters. The number of anilines is 1. The number of nitrogens with one attached hydrogen (secondary N) is 1. The topological polar surface area (TPSA) is 51.2 Å². The van der Waals surface area contributed by atoms with Crippen LogP contribution < -0.4 is 5.32 Å². The van der Waals surface area contributed by atoms with Crippen LogP contribution in [-0.2, 0) is 4.74 Å². The Kier molecular flexibility index (Phi) is 3.76. The Bertz CT molecular complexity index is 589. The number of hydrogen-bond donors (Lipinski definition) is 1. The molecular formula is C12H13IN2O2S. The lowest BCUT2D eigenvalue weighted by Gasteiger charge is -2.19. The molecule has 2 aromatic heterocycles. The zero-order valence-corrected chi connectivity index (χ0v) is 13.3. The molecule has 2 rings (SSSR count). The van der Waals surface area contributed by atoms with Gasteiger partial charge in [-0.2, -0.15) is 0 Å². The van der Waals surface area contributed by atoms with Gasteiger partial charge in [0.25, 0.3) is 0 Å². The average molecular weight is 376 g/mol. The summed E-state index contributed by atoms with van der Waals surface area (Å²) in [5.74, 6) is 0. The molecule has 0 spiro atoms. The largest absolute Gasteiger partial charge is 0.444 e. The van der Waals surface area contributed by atoms with Crippen LogP contribution in [-0.4, -0.2) is 16.7 Å². The molecule has 0 bridgehead atoms. The van der Waals surface area contributed by atoms with Crippen LogP contribution in [0.3, 0.4) is 0 Å². The number of hydrogen-bond acceptors (Lipinski definition) is 4. The number of nitrogens with zero attached hydrogens (tertiary/aromatic N) is 1. The number of ether oxygens (including phenoxy) is 1. The van der Waals surface area contributed by atoms with Crippen molar-refractivity contribution in [2.24, 2.45) is 0 Å². The van der Waals surface area contributed by atoms with Gasteiger partial charge in [0.05, 0.1) is 13.3 Å². The normalized spacial score (nSPS) is 11.6. The Balaban J connectivity index is 2.27. The predicted octanol–water partition coefficient (Wildman–Crippen LogP) is 4.25. The molecule has 0 fully saturated rings. The van der Waals surface area contributed by atoms with Crippen molar-refractivity contribution >= 4 is 55.8 Å². The standard InChI is InChI=1S/C12H13IN2O2S/c1-12(2,3)17-11(16)15-9-7-4-5-14-6-8(7)18-10(9)13/h4-6H,1-3H3,(H,15,16). The van der Waals surface area contributed by atoms with Crippen molar-refractivity contribution in [3.05, 3.63) is 21.3 Å². The highest BCUT2D eigenvalue weighted by Crippen LogP contribution is 2.36. The fourth-order valence-corrected chi connectivity index (χ4v) is 3.43. The van der Waals surface area contributed by atoms with E-state index < -0.39 is 11.7 Å². The van der Waals surface area contributed by atoms with Crippen molar-refractivity contribution in [3.8, 4) is 0 Å². The van der Waals surface area contributed by atoms with E-state index in [0.717, 1.165) is 18.7 Å². The van der Waals surface area contributed by atoms with Crippen molar-refractivity contribution in [2.75, 3.05) is 5.32 Å². The number of thiophene rings is 1. The van der Waals surface area contributed by atoms with Crippen LogP contribution in [0.4, 0.5) is 10.5 Å². The molecule has 4 nitrogen and oxygen atoms in total. The van der Waals surface area contributed by atoms with Crippen LogP contribution in [0.1, 0.15) is 20.8 Å².